The average Bonchev–Trinajstić information content (AvgIpc) is 2.78. The van der Waals surface area contributed by atoms with Crippen molar-refractivity contribution in [2.24, 2.45) is 5.92 Å². The van der Waals surface area contributed by atoms with Crippen LogP contribution in [0.2, 0.25) is 0 Å². The first-order valence-electron chi connectivity index (χ1n) is 6.00. The first-order chi connectivity index (χ1) is 8.58. The van der Waals surface area contributed by atoms with E-state index in [-0.39, 0.29) is 16.1 Å². The van der Waals surface area contributed by atoms with Crippen molar-refractivity contribution in [3.63, 3.8) is 0 Å². The van der Waals surface area contributed by atoms with E-state index >= 15 is 0 Å². The minimum absolute atomic E-state index is 0.00126. The second-order valence-electron chi connectivity index (χ2n) is 5.00. The largest absolute Gasteiger partial charge is 0.464 e. The monoisotopic (exact) mass is 307 g/mol. The number of carbonyl (C=O) groups excluding carboxylic acids is 1. The topological polar surface area (TPSA) is 42.2 Å². The van der Waals surface area contributed by atoms with E-state index in [2.05, 4.69) is 21.2 Å². The molecule has 2 atom stereocenters. The third-order valence-corrected chi connectivity index (χ3v) is 4.40. The number of hydrogen-bond acceptors (Lipinski definition) is 2. The van der Waals surface area contributed by atoms with Crippen LogP contribution >= 0.6 is 15.9 Å². The molecule has 1 aromatic heterocycles. The molecule has 3 nitrogen and oxygen atoms in total. The first-order valence-corrected chi connectivity index (χ1v) is 6.79. The van der Waals surface area contributed by atoms with Gasteiger partial charge in [0.2, 0.25) is 5.91 Å². The molecule has 1 aliphatic carbocycles. The second kappa shape index (κ2) is 4.12. The summed E-state index contributed by atoms with van der Waals surface area (Å²) >= 11 is 3.54. The Labute approximate surface area is 114 Å². The minimum Gasteiger partial charge on any atom is -0.464 e. The molecule has 1 heterocycles. The fourth-order valence-corrected chi connectivity index (χ4v) is 2.75. The number of amides is 1. The molecule has 0 bridgehead atoms. The Kier molecular flexibility index (Phi) is 2.70. The molecule has 18 heavy (non-hydrogen) atoms. The number of carbonyl (C=O) groups is 1. The Bertz CT molecular complexity index is 603. The van der Waals surface area contributed by atoms with E-state index < -0.39 is 0 Å². The maximum Gasteiger partial charge on any atom is 0.224 e. The zero-order chi connectivity index (χ0) is 12.8. The molecule has 2 unspecified atom stereocenters. The number of benzene rings is 1. The van der Waals surface area contributed by atoms with Gasteiger partial charge < -0.3 is 9.73 Å². The fraction of sp³-hybridized carbons (Fsp3) is 0.357. The Balaban J connectivity index is 1.70. The molecule has 1 aromatic carbocycles. The van der Waals surface area contributed by atoms with E-state index in [1.54, 1.807) is 6.26 Å². The molecule has 1 N–H and O–H groups in total. The van der Waals surface area contributed by atoms with Gasteiger partial charge in [0.1, 0.15) is 5.58 Å². The highest BCUT2D eigenvalue weighted by atomic mass is 79.9. The molecule has 0 aliphatic heterocycles. The lowest BCUT2D eigenvalue weighted by Gasteiger charge is -2.06. The lowest BCUT2D eigenvalue weighted by molar-refractivity contribution is -0.122. The maximum atomic E-state index is 11.9. The van der Waals surface area contributed by atoms with Gasteiger partial charge in [0, 0.05) is 16.3 Å². The Morgan fingerprint density at radius 1 is 1.56 bits per heavy atom. The van der Waals surface area contributed by atoms with Gasteiger partial charge in [-0.3, -0.25) is 4.79 Å². The number of fused-ring (bicyclic) bond motifs is 1. The van der Waals surface area contributed by atoms with E-state index in [0.29, 0.717) is 6.54 Å². The summed E-state index contributed by atoms with van der Waals surface area (Å²) in [7, 11) is 0. The van der Waals surface area contributed by atoms with Crippen LogP contribution in [0.1, 0.15) is 18.9 Å². The number of nitrogens with one attached hydrogen (secondary N) is 1. The number of halogens is 1. The van der Waals surface area contributed by atoms with Gasteiger partial charge >= 0.3 is 0 Å². The molecule has 94 valence electrons. The molecule has 0 radical (unpaired) electrons. The van der Waals surface area contributed by atoms with Crippen LogP contribution in [0.3, 0.4) is 0 Å². The highest BCUT2D eigenvalue weighted by molar-refractivity contribution is 9.10. The van der Waals surface area contributed by atoms with Gasteiger partial charge in [-0.2, -0.15) is 0 Å². The number of hydrogen-bond donors (Lipinski definition) is 1. The molecule has 1 saturated carbocycles. The molecule has 0 saturated heterocycles. The summed E-state index contributed by atoms with van der Waals surface area (Å²) in [4.78, 5) is 11.9. The molecular weight excluding hydrogens is 294 g/mol. The number of furan rings is 1. The predicted octanol–water partition coefficient (Wildman–Crippen LogP) is 3.22. The fourth-order valence-electron chi connectivity index (χ4n) is 2.22. The molecule has 0 spiro atoms. The van der Waals surface area contributed by atoms with Crippen LogP contribution in [0.5, 0.6) is 0 Å². The van der Waals surface area contributed by atoms with Crippen molar-refractivity contribution in [2.45, 2.75) is 24.2 Å². The summed E-state index contributed by atoms with van der Waals surface area (Å²) in [6.45, 7) is 2.60. The van der Waals surface area contributed by atoms with Crippen molar-refractivity contribution < 1.29 is 9.21 Å². The van der Waals surface area contributed by atoms with Crippen LogP contribution in [0.25, 0.3) is 11.0 Å². The smallest absolute Gasteiger partial charge is 0.224 e. The van der Waals surface area contributed by atoms with Crippen molar-refractivity contribution in [3.8, 4) is 0 Å². The Morgan fingerprint density at radius 3 is 3.06 bits per heavy atom. The van der Waals surface area contributed by atoms with E-state index in [4.69, 9.17) is 4.42 Å². The number of alkyl halides is 1. The lowest BCUT2D eigenvalue weighted by atomic mass is 10.1. The zero-order valence-electron chi connectivity index (χ0n) is 10.1. The van der Waals surface area contributed by atoms with Crippen molar-refractivity contribution in [1.29, 1.82) is 0 Å². The highest BCUT2D eigenvalue weighted by Gasteiger charge is 2.52. The van der Waals surface area contributed by atoms with Crippen LogP contribution in [0.4, 0.5) is 0 Å². The van der Waals surface area contributed by atoms with Crippen LogP contribution in [0, 0.1) is 5.92 Å². The van der Waals surface area contributed by atoms with Gasteiger partial charge in [0.05, 0.1) is 12.2 Å². The van der Waals surface area contributed by atoms with E-state index in [1.807, 2.05) is 31.2 Å². The highest BCUT2D eigenvalue weighted by Crippen LogP contribution is 2.50. The van der Waals surface area contributed by atoms with E-state index in [9.17, 15) is 4.79 Å². The molecule has 2 aromatic rings. The number of rotatable bonds is 3. The third kappa shape index (κ3) is 2.05. The summed E-state index contributed by atoms with van der Waals surface area (Å²) in [5.74, 6) is 0.218. The Hall–Kier alpha value is -1.29. The summed E-state index contributed by atoms with van der Waals surface area (Å²) < 4.78 is 5.34. The summed E-state index contributed by atoms with van der Waals surface area (Å²) in [6, 6.07) is 7.82. The van der Waals surface area contributed by atoms with Gasteiger partial charge in [0.25, 0.3) is 0 Å². The molecule has 1 amide bonds. The van der Waals surface area contributed by atoms with Crippen molar-refractivity contribution in [3.05, 3.63) is 36.1 Å². The van der Waals surface area contributed by atoms with Crippen LogP contribution < -0.4 is 5.32 Å². The molecule has 1 fully saturated rings. The normalized spacial score (nSPS) is 26.2. The van der Waals surface area contributed by atoms with Gasteiger partial charge in [-0.15, -0.1) is 0 Å². The van der Waals surface area contributed by atoms with Gasteiger partial charge in [-0.1, -0.05) is 28.1 Å². The molecule has 3 rings (SSSR count). The quantitative estimate of drug-likeness (QED) is 0.885. The minimum atomic E-state index is -0.00126. The summed E-state index contributed by atoms with van der Waals surface area (Å²) in [5.41, 5.74) is 1.95. The zero-order valence-corrected chi connectivity index (χ0v) is 11.7. The standard InChI is InChI=1S/C14H14BrNO2/c1-14(15)7-11(14)13(17)16-8-9-3-2-4-12-10(9)5-6-18-12/h2-6,11H,7-8H2,1H3,(H,16,17). The van der Waals surface area contributed by atoms with E-state index in [1.165, 1.54) is 0 Å². The van der Waals surface area contributed by atoms with Crippen molar-refractivity contribution in [1.82, 2.24) is 5.32 Å². The van der Waals surface area contributed by atoms with E-state index in [0.717, 1.165) is 23.0 Å². The van der Waals surface area contributed by atoms with Crippen LogP contribution in [0.15, 0.2) is 34.9 Å². The van der Waals surface area contributed by atoms with Gasteiger partial charge in [-0.25, -0.2) is 0 Å². The molecular formula is C14H14BrNO2. The molecule has 4 heteroatoms. The SMILES string of the molecule is CC1(Br)CC1C(=O)NCc1cccc2occc12. The Morgan fingerprint density at radius 2 is 2.33 bits per heavy atom. The van der Waals surface area contributed by atoms with Crippen LogP contribution in [-0.2, 0) is 11.3 Å². The third-order valence-electron chi connectivity index (χ3n) is 3.53. The lowest BCUT2D eigenvalue weighted by Crippen LogP contribution is -2.26. The molecule has 1 aliphatic rings. The van der Waals surface area contributed by atoms with Gasteiger partial charge in [0.15, 0.2) is 0 Å². The summed E-state index contributed by atoms with van der Waals surface area (Å²) in [5, 5.41) is 4.05. The average molecular weight is 308 g/mol. The van der Waals surface area contributed by atoms with Crippen molar-refractivity contribution >= 4 is 32.8 Å². The second-order valence-corrected chi connectivity index (χ2v) is 6.81. The van der Waals surface area contributed by atoms with Crippen LogP contribution in [-0.4, -0.2) is 10.2 Å². The maximum absolute atomic E-state index is 11.9. The van der Waals surface area contributed by atoms with Crippen molar-refractivity contribution in [2.75, 3.05) is 0 Å². The summed E-state index contributed by atoms with van der Waals surface area (Å²) in [6.07, 6.45) is 2.58. The first kappa shape index (κ1) is 11.8. The van der Waals surface area contributed by atoms with Gasteiger partial charge in [-0.05, 0) is 31.0 Å². The predicted molar refractivity (Wildman–Crippen MR) is 73.5 cm³/mol.